The van der Waals surface area contributed by atoms with Crippen LogP contribution < -0.4 is 5.32 Å². The molecule has 8 heteroatoms. The van der Waals surface area contributed by atoms with Gasteiger partial charge in [0.15, 0.2) is 5.69 Å². The number of carbonyl (C=O) groups is 2. The zero-order valence-electron chi connectivity index (χ0n) is 13.3. The Morgan fingerprint density at radius 3 is 2.88 bits per heavy atom. The summed E-state index contributed by atoms with van der Waals surface area (Å²) in [5.41, 5.74) is 1.20. The number of aromatic nitrogens is 2. The van der Waals surface area contributed by atoms with Crippen molar-refractivity contribution >= 4 is 38.7 Å². The lowest BCUT2D eigenvalue weighted by atomic mass is 9.85. The molecule has 0 atom stereocenters. The summed E-state index contributed by atoms with van der Waals surface area (Å²) in [4.78, 5) is 25.2. The highest BCUT2D eigenvalue weighted by Gasteiger charge is 2.35. The smallest absolute Gasteiger partial charge is 0.317 e. The second-order valence-corrected chi connectivity index (χ2v) is 6.93. The molecule has 24 heavy (non-hydrogen) atoms. The van der Waals surface area contributed by atoms with Crippen LogP contribution in [0, 0.1) is 0 Å². The Morgan fingerprint density at radius 2 is 2.21 bits per heavy atom. The largest absolute Gasteiger partial charge is 0.480 e. The van der Waals surface area contributed by atoms with Gasteiger partial charge in [0, 0.05) is 21.9 Å². The number of rotatable bonds is 6. The lowest BCUT2D eigenvalue weighted by molar-refractivity contribution is -0.139. The van der Waals surface area contributed by atoms with Crippen LogP contribution in [0.5, 0.6) is 0 Å². The summed E-state index contributed by atoms with van der Waals surface area (Å²) in [6, 6.07) is 5.89. The third-order valence-corrected chi connectivity index (χ3v) is 4.94. The normalized spacial score (nSPS) is 20.1. The number of likely N-dealkylation sites (N-methyl/N-ethyl adjacent to an activating group) is 1. The van der Waals surface area contributed by atoms with Crippen LogP contribution >= 0.6 is 15.9 Å². The third kappa shape index (κ3) is 3.44. The summed E-state index contributed by atoms with van der Waals surface area (Å²) in [5.74, 6) is -1.03. The van der Waals surface area contributed by atoms with Gasteiger partial charge in [-0.05, 0) is 37.6 Å². The molecule has 0 unspecified atom stereocenters. The van der Waals surface area contributed by atoms with Crippen LogP contribution in [0.25, 0.3) is 10.9 Å². The molecule has 1 aromatic carbocycles. The number of amides is 1. The van der Waals surface area contributed by atoms with Gasteiger partial charge in [0.05, 0.1) is 12.1 Å². The Labute approximate surface area is 147 Å². The highest BCUT2D eigenvalue weighted by molar-refractivity contribution is 9.10. The van der Waals surface area contributed by atoms with Gasteiger partial charge in [0.1, 0.15) is 0 Å². The number of H-pyrrole nitrogens is 1. The third-order valence-electron chi connectivity index (χ3n) is 4.45. The van der Waals surface area contributed by atoms with Gasteiger partial charge in [-0.15, -0.1) is 0 Å². The number of hydrogen-bond donors (Lipinski definition) is 3. The first-order chi connectivity index (χ1) is 11.5. The Balaban J connectivity index is 1.60. The summed E-state index contributed by atoms with van der Waals surface area (Å²) in [5, 5.41) is 19.6. The van der Waals surface area contributed by atoms with E-state index in [1.807, 2.05) is 30.0 Å². The van der Waals surface area contributed by atoms with E-state index in [0.717, 1.165) is 28.2 Å². The van der Waals surface area contributed by atoms with Crippen molar-refractivity contribution in [1.29, 1.82) is 0 Å². The van der Waals surface area contributed by atoms with E-state index in [-0.39, 0.29) is 24.5 Å². The van der Waals surface area contributed by atoms with E-state index in [4.69, 9.17) is 5.11 Å². The maximum Gasteiger partial charge on any atom is 0.317 e. The minimum Gasteiger partial charge on any atom is -0.480 e. The zero-order valence-corrected chi connectivity index (χ0v) is 14.8. The molecule has 0 radical (unpaired) electrons. The van der Waals surface area contributed by atoms with Crippen LogP contribution in [0.3, 0.4) is 0 Å². The van der Waals surface area contributed by atoms with Gasteiger partial charge in [-0.2, -0.15) is 5.10 Å². The van der Waals surface area contributed by atoms with Crippen molar-refractivity contribution in [2.45, 2.75) is 31.8 Å². The van der Waals surface area contributed by atoms with Crippen molar-refractivity contribution in [3.63, 3.8) is 0 Å². The molecule has 1 fully saturated rings. The molecule has 1 heterocycles. The predicted octanol–water partition coefficient (Wildman–Crippen LogP) is 1.99. The monoisotopic (exact) mass is 394 g/mol. The van der Waals surface area contributed by atoms with Crippen molar-refractivity contribution < 1.29 is 14.7 Å². The fourth-order valence-electron chi connectivity index (χ4n) is 3.09. The Morgan fingerprint density at radius 1 is 1.46 bits per heavy atom. The average molecular weight is 395 g/mol. The molecule has 128 valence electrons. The van der Waals surface area contributed by atoms with Crippen molar-refractivity contribution in [1.82, 2.24) is 20.4 Å². The molecule has 2 aromatic rings. The standard InChI is InChI=1S/C16H19BrN4O3/c1-2-21(8-14(22)23)11-6-10(7-11)18-16(24)15-12-5-9(17)3-4-13(12)19-20-15/h3-5,10-11H,2,6-8H2,1H3,(H,18,24)(H,19,20)(H,22,23). The average Bonchev–Trinajstić information content (AvgIpc) is 2.91. The Kier molecular flexibility index (Phi) is 4.86. The molecule has 3 N–H and O–H groups in total. The van der Waals surface area contributed by atoms with E-state index in [1.165, 1.54) is 0 Å². The molecule has 0 spiro atoms. The topological polar surface area (TPSA) is 98.3 Å². The highest BCUT2D eigenvalue weighted by Crippen LogP contribution is 2.27. The lowest BCUT2D eigenvalue weighted by Crippen LogP contribution is -2.54. The van der Waals surface area contributed by atoms with Gasteiger partial charge in [0.2, 0.25) is 0 Å². The number of nitrogens with one attached hydrogen (secondary N) is 2. The molecule has 1 saturated carbocycles. The van der Waals surface area contributed by atoms with Crippen molar-refractivity contribution in [3.05, 3.63) is 28.4 Å². The van der Waals surface area contributed by atoms with Crippen LogP contribution in [-0.4, -0.2) is 57.3 Å². The quantitative estimate of drug-likeness (QED) is 0.695. The second kappa shape index (κ2) is 6.90. The lowest BCUT2D eigenvalue weighted by Gasteiger charge is -2.42. The van der Waals surface area contributed by atoms with Gasteiger partial charge in [-0.3, -0.25) is 19.6 Å². The first-order valence-electron chi connectivity index (χ1n) is 7.88. The maximum atomic E-state index is 12.4. The number of halogens is 1. The van der Waals surface area contributed by atoms with E-state index < -0.39 is 5.97 Å². The first-order valence-corrected chi connectivity index (χ1v) is 8.67. The Bertz CT molecular complexity index is 770. The highest BCUT2D eigenvalue weighted by atomic mass is 79.9. The molecule has 7 nitrogen and oxygen atoms in total. The SMILES string of the molecule is CCN(CC(=O)O)C1CC(NC(=O)c2n[nH]c3ccc(Br)cc23)C1. The number of hydrogen-bond acceptors (Lipinski definition) is 4. The Hall–Kier alpha value is -1.93. The van der Waals surface area contributed by atoms with Gasteiger partial charge in [0.25, 0.3) is 5.91 Å². The van der Waals surface area contributed by atoms with Crippen LogP contribution in [0.4, 0.5) is 0 Å². The van der Waals surface area contributed by atoms with E-state index in [2.05, 4.69) is 31.4 Å². The van der Waals surface area contributed by atoms with Crippen molar-refractivity contribution in [2.75, 3.05) is 13.1 Å². The molecule has 1 aliphatic carbocycles. The number of aromatic amines is 1. The summed E-state index contributed by atoms with van der Waals surface area (Å²) in [6.45, 7) is 2.68. The number of carboxylic acid groups (broad SMARTS) is 1. The molecular formula is C16H19BrN4O3. The van der Waals surface area contributed by atoms with Crippen molar-refractivity contribution in [3.8, 4) is 0 Å². The fourth-order valence-corrected chi connectivity index (χ4v) is 3.45. The number of aliphatic carboxylic acids is 1. The molecule has 3 rings (SSSR count). The summed E-state index contributed by atoms with van der Waals surface area (Å²) in [7, 11) is 0. The number of nitrogens with zero attached hydrogens (tertiary/aromatic N) is 2. The van der Waals surface area contributed by atoms with Crippen LogP contribution in [-0.2, 0) is 4.79 Å². The number of carboxylic acids is 1. The van der Waals surface area contributed by atoms with Crippen LogP contribution in [0.2, 0.25) is 0 Å². The first kappa shape index (κ1) is 16.9. The van der Waals surface area contributed by atoms with E-state index in [0.29, 0.717) is 12.2 Å². The summed E-state index contributed by atoms with van der Waals surface area (Å²) < 4.78 is 0.890. The summed E-state index contributed by atoms with van der Waals surface area (Å²) in [6.07, 6.45) is 1.53. The van der Waals surface area contributed by atoms with E-state index >= 15 is 0 Å². The maximum absolute atomic E-state index is 12.4. The minimum absolute atomic E-state index is 0.0415. The molecule has 0 saturated heterocycles. The fraction of sp³-hybridized carbons (Fsp3) is 0.438. The molecule has 1 amide bonds. The number of carbonyl (C=O) groups excluding carboxylic acids is 1. The molecule has 1 aliphatic rings. The number of benzene rings is 1. The van der Waals surface area contributed by atoms with E-state index in [9.17, 15) is 9.59 Å². The van der Waals surface area contributed by atoms with Crippen LogP contribution in [0.15, 0.2) is 22.7 Å². The van der Waals surface area contributed by atoms with Crippen molar-refractivity contribution in [2.24, 2.45) is 0 Å². The predicted molar refractivity (Wildman–Crippen MR) is 93.0 cm³/mol. The van der Waals surface area contributed by atoms with Gasteiger partial charge in [-0.1, -0.05) is 22.9 Å². The second-order valence-electron chi connectivity index (χ2n) is 6.01. The molecule has 0 aliphatic heterocycles. The van der Waals surface area contributed by atoms with Gasteiger partial charge >= 0.3 is 5.97 Å². The van der Waals surface area contributed by atoms with Gasteiger partial charge < -0.3 is 10.4 Å². The number of fused-ring (bicyclic) bond motifs is 1. The molecular weight excluding hydrogens is 376 g/mol. The summed E-state index contributed by atoms with van der Waals surface area (Å²) >= 11 is 3.40. The zero-order chi connectivity index (χ0) is 17.3. The minimum atomic E-state index is -0.821. The molecule has 0 bridgehead atoms. The van der Waals surface area contributed by atoms with E-state index in [1.54, 1.807) is 0 Å². The van der Waals surface area contributed by atoms with Crippen LogP contribution in [0.1, 0.15) is 30.3 Å². The molecule has 1 aromatic heterocycles. The van der Waals surface area contributed by atoms with Gasteiger partial charge in [-0.25, -0.2) is 0 Å².